The minimum atomic E-state index is -0.316. The Morgan fingerprint density at radius 2 is 2.15 bits per heavy atom. The van der Waals surface area contributed by atoms with Crippen LogP contribution in [-0.4, -0.2) is 12.6 Å². The first-order valence-electron chi connectivity index (χ1n) is 7.62. The van der Waals surface area contributed by atoms with Crippen LogP contribution in [-0.2, 0) is 28.8 Å². The standard InChI is InChI=1S/C18H20O2/c1-12-7-16-11-20-17(19)18(16,9-12)10-13-5-6-14-3-2-4-15(14)8-13/h5-6,8,16H,1-4,7,9-11H2/t16?,18-/m0/s1. The number of esters is 1. The Morgan fingerprint density at radius 1 is 1.30 bits per heavy atom. The molecule has 0 N–H and O–H groups in total. The van der Waals surface area contributed by atoms with E-state index in [4.69, 9.17) is 4.74 Å². The van der Waals surface area contributed by atoms with E-state index >= 15 is 0 Å². The van der Waals surface area contributed by atoms with Gasteiger partial charge in [0.2, 0.25) is 0 Å². The van der Waals surface area contributed by atoms with Gasteiger partial charge in [0.15, 0.2) is 0 Å². The Kier molecular flexibility index (Phi) is 2.57. The topological polar surface area (TPSA) is 26.3 Å². The van der Waals surface area contributed by atoms with Gasteiger partial charge in [0, 0.05) is 5.92 Å². The fourth-order valence-electron chi connectivity index (χ4n) is 4.36. The molecule has 4 rings (SSSR count). The predicted octanol–water partition coefficient (Wildman–Crippen LogP) is 3.23. The summed E-state index contributed by atoms with van der Waals surface area (Å²) in [6.45, 7) is 4.69. The van der Waals surface area contributed by atoms with Crippen molar-refractivity contribution in [2.75, 3.05) is 6.61 Å². The lowest BCUT2D eigenvalue weighted by molar-refractivity contribution is -0.146. The van der Waals surface area contributed by atoms with Crippen LogP contribution in [0.1, 0.15) is 36.0 Å². The summed E-state index contributed by atoms with van der Waals surface area (Å²) in [5, 5.41) is 0. The van der Waals surface area contributed by atoms with E-state index in [1.165, 1.54) is 41.5 Å². The molecule has 1 aliphatic heterocycles. The van der Waals surface area contributed by atoms with Crippen molar-refractivity contribution in [3.05, 3.63) is 47.0 Å². The highest BCUT2D eigenvalue weighted by Crippen LogP contribution is 2.52. The average Bonchev–Trinajstić information content (AvgIpc) is 3.06. The number of aryl methyl sites for hydroxylation is 2. The Bertz CT molecular complexity index is 601. The van der Waals surface area contributed by atoms with E-state index < -0.39 is 0 Å². The lowest BCUT2D eigenvalue weighted by Gasteiger charge is -2.24. The molecule has 1 unspecified atom stereocenters. The fraction of sp³-hybridized carbons (Fsp3) is 0.500. The van der Waals surface area contributed by atoms with Crippen LogP contribution in [0, 0.1) is 11.3 Å². The van der Waals surface area contributed by atoms with E-state index in [9.17, 15) is 4.79 Å². The number of carbonyl (C=O) groups is 1. The molecule has 1 heterocycles. The van der Waals surface area contributed by atoms with Gasteiger partial charge in [-0.1, -0.05) is 30.4 Å². The zero-order valence-corrected chi connectivity index (χ0v) is 11.8. The zero-order chi connectivity index (χ0) is 13.7. The Hall–Kier alpha value is -1.57. The molecule has 0 amide bonds. The quantitative estimate of drug-likeness (QED) is 0.608. The van der Waals surface area contributed by atoms with Gasteiger partial charge in [-0.25, -0.2) is 0 Å². The van der Waals surface area contributed by atoms with Crippen molar-refractivity contribution >= 4 is 5.97 Å². The Morgan fingerprint density at radius 3 is 3.05 bits per heavy atom. The molecule has 2 nitrogen and oxygen atoms in total. The third-order valence-electron chi connectivity index (χ3n) is 5.39. The van der Waals surface area contributed by atoms with Gasteiger partial charge in [-0.3, -0.25) is 4.79 Å². The summed E-state index contributed by atoms with van der Waals surface area (Å²) in [6, 6.07) is 6.79. The van der Waals surface area contributed by atoms with Gasteiger partial charge in [-0.15, -0.1) is 0 Å². The van der Waals surface area contributed by atoms with Crippen LogP contribution in [0.3, 0.4) is 0 Å². The molecule has 2 aliphatic carbocycles. The summed E-state index contributed by atoms with van der Waals surface area (Å²) in [7, 11) is 0. The zero-order valence-electron chi connectivity index (χ0n) is 11.8. The fourth-order valence-corrected chi connectivity index (χ4v) is 4.36. The molecular formula is C18H20O2. The maximum absolute atomic E-state index is 12.3. The molecule has 1 aromatic carbocycles. The first-order valence-corrected chi connectivity index (χ1v) is 7.62. The van der Waals surface area contributed by atoms with E-state index in [-0.39, 0.29) is 11.4 Å². The molecule has 0 bridgehead atoms. The molecule has 1 aromatic rings. The van der Waals surface area contributed by atoms with Gasteiger partial charge in [-0.05, 0) is 55.2 Å². The summed E-state index contributed by atoms with van der Waals surface area (Å²) < 4.78 is 5.36. The van der Waals surface area contributed by atoms with Gasteiger partial charge in [0.05, 0.1) is 12.0 Å². The van der Waals surface area contributed by atoms with Crippen LogP contribution < -0.4 is 0 Å². The number of fused-ring (bicyclic) bond motifs is 2. The molecule has 0 spiro atoms. The molecule has 3 aliphatic rings. The number of hydrogen-bond acceptors (Lipinski definition) is 2. The number of carbonyl (C=O) groups excluding carboxylic acids is 1. The molecule has 20 heavy (non-hydrogen) atoms. The third-order valence-corrected chi connectivity index (χ3v) is 5.39. The largest absolute Gasteiger partial charge is 0.465 e. The first kappa shape index (κ1) is 12.2. The van der Waals surface area contributed by atoms with E-state index in [1.54, 1.807) is 0 Å². The van der Waals surface area contributed by atoms with Gasteiger partial charge >= 0.3 is 5.97 Å². The molecule has 0 radical (unpaired) electrons. The van der Waals surface area contributed by atoms with Crippen LogP contribution in [0.5, 0.6) is 0 Å². The molecule has 104 valence electrons. The minimum Gasteiger partial charge on any atom is -0.465 e. The third kappa shape index (κ3) is 1.67. The predicted molar refractivity (Wildman–Crippen MR) is 77.4 cm³/mol. The molecule has 0 aromatic heterocycles. The van der Waals surface area contributed by atoms with Crippen molar-refractivity contribution < 1.29 is 9.53 Å². The van der Waals surface area contributed by atoms with Crippen molar-refractivity contribution in [3.63, 3.8) is 0 Å². The highest BCUT2D eigenvalue weighted by molar-refractivity contribution is 5.81. The lowest BCUT2D eigenvalue weighted by Crippen LogP contribution is -2.31. The van der Waals surface area contributed by atoms with E-state index in [0.29, 0.717) is 12.5 Å². The summed E-state index contributed by atoms with van der Waals surface area (Å²) >= 11 is 0. The number of ether oxygens (including phenoxy) is 1. The monoisotopic (exact) mass is 268 g/mol. The van der Waals surface area contributed by atoms with E-state index in [1.807, 2.05) is 0 Å². The van der Waals surface area contributed by atoms with Crippen molar-refractivity contribution in [2.24, 2.45) is 11.3 Å². The van der Waals surface area contributed by atoms with Gasteiger partial charge in [-0.2, -0.15) is 0 Å². The van der Waals surface area contributed by atoms with E-state index in [0.717, 1.165) is 19.3 Å². The summed E-state index contributed by atoms with van der Waals surface area (Å²) in [4.78, 5) is 12.3. The molecule has 1 saturated heterocycles. The van der Waals surface area contributed by atoms with Gasteiger partial charge in [0.1, 0.15) is 0 Å². The average molecular weight is 268 g/mol. The number of hydrogen-bond donors (Lipinski definition) is 0. The second-order valence-corrected chi connectivity index (χ2v) is 6.72. The van der Waals surface area contributed by atoms with Crippen LogP contribution in [0.4, 0.5) is 0 Å². The molecule has 1 saturated carbocycles. The summed E-state index contributed by atoms with van der Waals surface area (Å²) in [6.07, 6.45) is 6.26. The first-order chi connectivity index (χ1) is 9.67. The van der Waals surface area contributed by atoms with Crippen LogP contribution in [0.25, 0.3) is 0 Å². The second-order valence-electron chi connectivity index (χ2n) is 6.72. The summed E-state index contributed by atoms with van der Waals surface area (Å²) in [5.74, 6) is 0.345. The smallest absolute Gasteiger partial charge is 0.313 e. The SMILES string of the molecule is C=C1CC2COC(=O)[C@]2(Cc2ccc3c(c2)CCC3)C1. The normalized spacial score (nSPS) is 31.3. The minimum absolute atomic E-state index is 0.00153. The van der Waals surface area contributed by atoms with Crippen molar-refractivity contribution in [1.29, 1.82) is 0 Å². The maximum Gasteiger partial charge on any atom is 0.313 e. The highest BCUT2D eigenvalue weighted by Gasteiger charge is 2.55. The van der Waals surface area contributed by atoms with Gasteiger partial charge < -0.3 is 4.74 Å². The van der Waals surface area contributed by atoms with Crippen LogP contribution in [0.2, 0.25) is 0 Å². The van der Waals surface area contributed by atoms with Crippen molar-refractivity contribution in [2.45, 2.75) is 38.5 Å². The summed E-state index contributed by atoms with van der Waals surface area (Å²) in [5.41, 5.74) is 5.17. The molecule has 2 fully saturated rings. The van der Waals surface area contributed by atoms with Gasteiger partial charge in [0.25, 0.3) is 0 Å². The molecular weight excluding hydrogens is 248 g/mol. The molecule has 2 heteroatoms. The van der Waals surface area contributed by atoms with Crippen molar-refractivity contribution in [3.8, 4) is 0 Å². The van der Waals surface area contributed by atoms with Crippen molar-refractivity contribution in [1.82, 2.24) is 0 Å². The number of rotatable bonds is 2. The lowest BCUT2D eigenvalue weighted by atomic mass is 9.75. The number of allylic oxidation sites excluding steroid dienone is 1. The number of benzene rings is 1. The number of cyclic esters (lactones) is 1. The van der Waals surface area contributed by atoms with E-state index in [2.05, 4.69) is 24.8 Å². The van der Waals surface area contributed by atoms with Crippen LogP contribution >= 0.6 is 0 Å². The highest BCUT2D eigenvalue weighted by atomic mass is 16.5. The molecule has 2 atom stereocenters. The Balaban J connectivity index is 1.67. The second kappa shape index (κ2) is 4.21. The maximum atomic E-state index is 12.3. The van der Waals surface area contributed by atoms with Crippen LogP contribution in [0.15, 0.2) is 30.4 Å². The Labute approximate surface area is 119 Å².